The lowest BCUT2D eigenvalue weighted by molar-refractivity contribution is 0.0143. The van der Waals surface area contributed by atoms with Crippen molar-refractivity contribution in [1.82, 2.24) is 15.2 Å². The van der Waals surface area contributed by atoms with Crippen molar-refractivity contribution in [3.63, 3.8) is 0 Å². The molecule has 0 spiro atoms. The second-order valence-corrected chi connectivity index (χ2v) is 12.0. The molecule has 5 rings (SSSR count). The van der Waals surface area contributed by atoms with E-state index in [1.54, 1.807) is 0 Å². The molecule has 2 aromatic carbocycles. The lowest BCUT2D eigenvalue weighted by atomic mass is 9.94. The fourth-order valence-corrected chi connectivity index (χ4v) is 6.42. The quantitative estimate of drug-likeness (QED) is 0.318. The highest BCUT2D eigenvalue weighted by molar-refractivity contribution is 5.99. The van der Waals surface area contributed by atoms with E-state index in [0.717, 1.165) is 84.9 Å². The molecule has 2 aliphatic heterocycles. The topological polar surface area (TPSA) is 107 Å². The summed E-state index contributed by atoms with van der Waals surface area (Å²) in [6.45, 7) is 13.9. The highest BCUT2D eigenvalue weighted by Crippen LogP contribution is 2.34. The van der Waals surface area contributed by atoms with Gasteiger partial charge < -0.3 is 29.8 Å². The number of ether oxygens (including phenoxy) is 2. The zero-order valence-electron chi connectivity index (χ0n) is 26.4. The monoisotopic (exact) mass is 602 g/mol. The zero-order valence-corrected chi connectivity index (χ0v) is 26.4. The number of β-amino-alcohol motifs (C(OH)–C–C–N with tert-alkyl or cyclic N) is 1. The number of hydrogen-bond acceptors (Lipinski definition) is 7. The first-order valence-electron chi connectivity index (χ1n) is 15.8. The number of benzene rings is 2. The molecule has 0 aliphatic carbocycles. The summed E-state index contributed by atoms with van der Waals surface area (Å²) in [6.07, 6.45) is 1.28. The van der Waals surface area contributed by atoms with Crippen LogP contribution in [0.3, 0.4) is 0 Å². The molecule has 1 aromatic heterocycles. The number of rotatable bonds is 10. The summed E-state index contributed by atoms with van der Waals surface area (Å²) in [5, 5.41) is 13.9. The molecule has 236 valence electrons. The highest BCUT2D eigenvalue weighted by atomic mass is 16.5. The molecule has 2 aliphatic rings. The maximum absolute atomic E-state index is 13.8. The van der Waals surface area contributed by atoms with Crippen LogP contribution in [0.15, 0.2) is 47.3 Å². The Hall–Kier alpha value is -3.50. The molecule has 0 bridgehead atoms. The molecule has 9 nitrogen and oxygen atoms in total. The molecule has 1 unspecified atom stereocenters. The molecule has 1 atom stereocenters. The van der Waals surface area contributed by atoms with Crippen molar-refractivity contribution in [1.29, 1.82) is 0 Å². The number of hydrogen-bond donors (Lipinski definition) is 3. The fraction of sp³-hybridized carbons (Fsp3) is 0.486. The van der Waals surface area contributed by atoms with Crippen LogP contribution in [0.5, 0.6) is 0 Å². The molecule has 9 heteroatoms. The second kappa shape index (κ2) is 14.5. The average molecular weight is 603 g/mol. The van der Waals surface area contributed by atoms with E-state index in [9.17, 15) is 14.7 Å². The van der Waals surface area contributed by atoms with Gasteiger partial charge in [-0.15, -0.1) is 0 Å². The van der Waals surface area contributed by atoms with Gasteiger partial charge in [-0.05, 0) is 86.6 Å². The van der Waals surface area contributed by atoms with Crippen molar-refractivity contribution < 1.29 is 19.4 Å². The zero-order chi connectivity index (χ0) is 31.2. The van der Waals surface area contributed by atoms with Gasteiger partial charge in [0.15, 0.2) is 0 Å². The molecule has 3 heterocycles. The second-order valence-electron chi connectivity index (χ2n) is 12.0. The van der Waals surface area contributed by atoms with E-state index >= 15 is 0 Å². The number of aliphatic hydroxyl groups is 1. The summed E-state index contributed by atoms with van der Waals surface area (Å²) in [6, 6.07) is 14.4. The van der Waals surface area contributed by atoms with E-state index in [2.05, 4.69) is 33.1 Å². The number of aromatic amines is 1. The predicted octanol–water partition coefficient (Wildman–Crippen LogP) is 4.27. The van der Waals surface area contributed by atoms with Gasteiger partial charge in [-0.1, -0.05) is 24.3 Å². The van der Waals surface area contributed by atoms with E-state index in [1.807, 2.05) is 57.2 Å². The van der Waals surface area contributed by atoms with Gasteiger partial charge in [-0.3, -0.25) is 14.5 Å². The Morgan fingerprint density at radius 3 is 2.36 bits per heavy atom. The number of amides is 1. The van der Waals surface area contributed by atoms with Crippen molar-refractivity contribution in [2.75, 3.05) is 57.5 Å². The number of carbonyl (C=O) groups is 1. The Balaban J connectivity index is 1.45. The third kappa shape index (κ3) is 7.41. The number of anilines is 1. The minimum Gasteiger partial charge on any atom is -0.387 e. The van der Waals surface area contributed by atoms with Gasteiger partial charge in [0, 0.05) is 74.5 Å². The summed E-state index contributed by atoms with van der Waals surface area (Å²) >= 11 is 0. The molecule has 2 fully saturated rings. The summed E-state index contributed by atoms with van der Waals surface area (Å²) in [4.78, 5) is 33.8. The largest absolute Gasteiger partial charge is 0.387 e. The third-order valence-electron chi connectivity index (χ3n) is 8.99. The fourth-order valence-electron chi connectivity index (χ4n) is 6.42. The van der Waals surface area contributed by atoms with Crippen LogP contribution >= 0.6 is 0 Å². The van der Waals surface area contributed by atoms with Crippen LogP contribution in [-0.4, -0.2) is 79.5 Å². The van der Waals surface area contributed by atoms with Crippen molar-refractivity contribution in [2.24, 2.45) is 0 Å². The lowest BCUT2D eigenvalue weighted by Gasteiger charge is -2.37. The standard InChI is InChI=1S/C35H46N4O5/c1-5-39(29-10-14-43-15-11-29)32-20-28(26-6-8-27(9-7-26)33(40)22-38-12-16-44-17-13-38)19-30(25(32)4)34(41)36-21-31-23(2)18-24(3)37-35(31)42/h6-9,18-20,29,33,40H,5,10-17,21-22H2,1-4H3,(H,36,41)(H,37,42). The van der Waals surface area contributed by atoms with E-state index in [1.165, 1.54) is 0 Å². The maximum Gasteiger partial charge on any atom is 0.253 e. The Morgan fingerprint density at radius 2 is 1.70 bits per heavy atom. The molecule has 1 amide bonds. The maximum atomic E-state index is 13.8. The number of aliphatic hydroxyl groups excluding tert-OH is 1. The number of nitrogens with zero attached hydrogens (tertiary/aromatic N) is 2. The Labute approximate surface area is 260 Å². The van der Waals surface area contributed by atoms with Crippen LogP contribution in [-0.2, 0) is 16.0 Å². The number of pyridine rings is 1. The molecule has 2 saturated heterocycles. The van der Waals surface area contributed by atoms with Crippen LogP contribution < -0.4 is 15.8 Å². The Kier molecular flexibility index (Phi) is 10.5. The number of nitrogens with one attached hydrogen (secondary N) is 2. The first kappa shape index (κ1) is 31.9. The van der Waals surface area contributed by atoms with Crippen molar-refractivity contribution >= 4 is 11.6 Å². The third-order valence-corrected chi connectivity index (χ3v) is 8.99. The molecule has 3 aromatic rings. The summed E-state index contributed by atoms with van der Waals surface area (Å²) < 4.78 is 11.1. The van der Waals surface area contributed by atoms with E-state index < -0.39 is 6.10 Å². The van der Waals surface area contributed by atoms with Gasteiger partial charge in [0.25, 0.3) is 11.5 Å². The molecule has 3 N–H and O–H groups in total. The average Bonchev–Trinajstić information content (AvgIpc) is 3.02. The van der Waals surface area contributed by atoms with E-state index in [4.69, 9.17) is 9.47 Å². The Bertz CT molecular complexity index is 1490. The van der Waals surface area contributed by atoms with Gasteiger partial charge in [-0.2, -0.15) is 0 Å². The van der Waals surface area contributed by atoms with Crippen LogP contribution in [0.25, 0.3) is 11.1 Å². The summed E-state index contributed by atoms with van der Waals surface area (Å²) in [5.41, 5.74) is 7.31. The summed E-state index contributed by atoms with van der Waals surface area (Å²) in [7, 11) is 0. The number of carbonyl (C=O) groups excluding carboxylic acids is 1. The lowest BCUT2D eigenvalue weighted by Crippen LogP contribution is -2.40. The number of morpholine rings is 1. The van der Waals surface area contributed by atoms with E-state index in [-0.39, 0.29) is 18.0 Å². The minimum absolute atomic E-state index is 0.145. The molecular weight excluding hydrogens is 556 g/mol. The SMILES string of the molecule is CCN(c1cc(-c2ccc(C(O)CN3CCOCC3)cc2)cc(C(=O)NCc2c(C)cc(C)[nH]c2=O)c1C)C1CCOCC1. The normalized spacial score (nSPS) is 16.9. The van der Waals surface area contributed by atoms with Gasteiger partial charge in [0.2, 0.25) is 0 Å². The molecular formula is C35H46N4O5. The van der Waals surface area contributed by atoms with Crippen molar-refractivity contribution in [3.05, 3.63) is 86.3 Å². The van der Waals surface area contributed by atoms with Crippen LogP contribution in [0.1, 0.15) is 64.2 Å². The van der Waals surface area contributed by atoms with Gasteiger partial charge in [0.05, 0.1) is 19.3 Å². The smallest absolute Gasteiger partial charge is 0.253 e. The van der Waals surface area contributed by atoms with Crippen LogP contribution in [0, 0.1) is 20.8 Å². The first-order valence-corrected chi connectivity index (χ1v) is 15.8. The number of aromatic nitrogens is 1. The van der Waals surface area contributed by atoms with Gasteiger partial charge in [-0.25, -0.2) is 0 Å². The summed E-state index contributed by atoms with van der Waals surface area (Å²) in [5.74, 6) is -0.217. The Morgan fingerprint density at radius 1 is 1.02 bits per heavy atom. The molecule has 0 saturated carbocycles. The van der Waals surface area contributed by atoms with Crippen LogP contribution in [0.4, 0.5) is 5.69 Å². The molecule has 0 radical (unpaired) electrons. The molecule has 44 heavy (non-hydrogen) atoms. The number of H-pyrrole nitrogens is 1. The number of aryl methyl sites for hydroxylation is 2. The van der Waals surface area contributed by atoms with Crippen LogP contribution in [0.2, 0.25) is 0 Å². The van der Waals surface area contributed by atoms with Crippen molar-refractivity contribution in [3.8, 4) is 11.1 Å². The van der Waals surface area contributed by atoms with Crippen molar-refractivity contribution in [2.45, 2.75) is 59.2 Å². The van der Waals surface area contributed by atoms with Gasteiger partial charge >= 0.3 is 0 Å². The minimum atomic E-state index is -0.588. The van der Waals surface area contributed by atoms with Gasteiger partial charge in [0.1, 0.15) is 0 Å². The first-order chi connectivity index (χ1) is 21.2. The predicted molar refractivity (Wildman–Crippen MR) is 173 cm³/mol. The highest BCUT2D eigenvalue weighted by Gasteiger charge is 2.25. The van der Waals surface area contributed by atoms with E-state index in [0.29, 0.717) is 36.9 Å².